The Morgan fingerprint density at radius 2 is 2.17 bits per heavy atom. The molecular weight excluding hydrogens is 326 g/mol. The summed E-state index contributed by atoms with van der Waals surface area (Å²) in [6.07, 6.45) is 3.15. The highest BCUT2D eigenvalue weighted by atomic mass is 32.1. The molecule has 2 heterocycles. The van der Waals surface area contributed by atoms with Gasteiger partial charge in [0.05, 0.1) is 4.92 Å². The molecule has 7 nitrogen and oxygen atoms in total. The van der Waals surface area contributed by atoms with Crippen LogP contribution in [-0.4, -0.2) is 25.3 Å². The van der Waals surface area contributed by atoms with Gasteiger partial charge in [-0.05, 0) is 57.0 Å². The lowest BCUT2D eigenvalue weighted by molar-refractivity contribution is -0.384. The summed E-state index contributed by atoms with van der Waals surface area (Å²) < 4.78 is 4.78. The van der Waals surface area contributed by atoms with Crippen LogP contribution in [-0.2, 0) is 13.1 Å². The van der Waals surface area contributed by atoms with Crippen molar-refractivity contribution in [3.63, 3.8) is 0 Å². The molecule has 1 aromatic carbocycles. The fraction of sp³-hybridized carbons (Fsp3) is 0.500. The molecule has 0 unspecified atom stereocenters. The number of aryl methyl sites for hydroxylation is 1. The summed E-state index contributed by atoms with van der Waals surface area (Å²) in [5.41, 5.74) is 2.20. The molecule has 4 rings (SSSR count). The molecule has 1 aliphatic heterocycles. The summed E-state index contributed by atoms with van der Waals surface area (Å²) in [7, 11) is 0. The number of benzene rings is 1. The van der Waals surface area contributed by atoms with E-state index in [0.717, 1.165) is 28.3 Å². The molecule has 126 valence electrons. The van der Waals surface area contributed by atoms with Gasteiger partial charge < -0.3 is 9.47 Å². The molecule has 0 bridgehead atoms. The summed E-state index contributed by atoms with van der Waals surface area (Å²) in [6, 6.07) is 5.86. The molecule has 2 aliphatic rings. The molecule has 0 N–H and O–H groups in total. The largest absolute Gasteiger partial charge is 0.349 e. The van der Waals surface area contributed by atoms with Gasteiger partial charge in [-0.1, -0.05) is 0 Å². The standard InChI is InChI=1S/C16H19N5O2S/c1-10-7-12-8-14(21(22)23)5-6-15(12)18(10)9-19-16(24)20(11(2)17-19)13-3-4-13/h5-6,8,10,13H,3-4,7,9H2,1-2H3/t10-/m1/s1. The highest BCUT2D eigenvalue weighted by Gasteiger charge is 2.30. The fourth-order valence-corrected chi connectivity index (χ4v) is 3.91. The minimum absolute atomic E-state index is 0.147. The van der Waals surface area contributed by atoms with Crippen molar-refractivity contribution in [2.45, 2.75) is 51.9 Å². The summed E-state index contributed by atoms with van der Waals surface area (Å²) in [5, 5.41) is 15.6. The van der Waals surface area contributed by atoms with Crippen LogP contribution in [0.25, 0.3) is 0 Å². The number of nitro benzene ring substituents is 1. The minimum atomic E-state index is -0.343. The zero-order valence-corrected chi connectivity index (χ0v) is 14.5. The molecule has 0 amide bonds. The van der Waals surface area contributed by atoms with Crippen LogP contribution in [0, 0.1) is 21.8 Å². The first-order chi connectivity index (χ1) is 11.5. The van der Waals surface area contributed by atoms with Gasteiger partial charge in [-0.25, -0.2) is 4.68 Å². The van der Waals surface area contributed by atoms with Crippen molar-refractivity contribution in [2.24, 2.45) is 0 Å². The number of nitro groups is 1. The van der Waals surface area contributed by atoms with Crippen LogP contribution in [0.4, 0.5) is 11.4 Å². The molecule has 24 heavy (non-hydrogen) atoms. The van der Waals surface area contributed by atoms with Crippen LogP contribution in [0.2, 0.25) is 0 Å². The highest BCUT2D eigenvalue weighted by molar-refractivity contribution is 7.71. The second-order valence-corrected chi connectivity index (χ2v) is 7.03. The first-order valence-corrected chi connectivity index (χ1v) is 8.56. The Bertz CT molecular complexity index is 883. The van der Waals surface area contributed by atoms with Crippen LogP contribution in [0.5, 0.6) is 0 Å². The van der Waals surface area contributed by atoms with E-state index in [2.05, 4.69) is 21.5 Å². The van der Waals surface area contributed by atoms with Crippen molar-refractivity contribution in [3.05, 3.63) is 44.5 Å². The number of anilines is 1. The third-order valence-corrected chi connectivity index (χ3v) is 5.28. The molecule has 0 saturated heterocycles. The number of fused-ring (bicyclic) bond motifs is 1. The van der Waals surface area contributed by atoms with E-state index in [1.807, 2.05) is 17.7 Å². The second kappa shape index (κ2) is 5.41. The Balaban J connectivity index is 1.66. The third-order valence-electron chi connectivity index (χ3n) is 4.87. The smallest absolute Gasteiger partial charge is 0.269 e. The van der Waals surface area contributed by atoms with Gasteiger partial charge in [0.25, 0.3) is 5.69 Å². The quantitative estimate of drug-likeness (QED) is 0.483. The summed E-state index contributed by atoms with van der Waals surface area (Å²) >= 11 is 5.60. The van der Waals surface area contributed by atoms with E-state index in [-0.39, 0.29) is 16.7 Å². The number of aromatic nitrogens is 3. The lowest BCUT2D eigenvalue weighted by Gasteiger charge is -2.24. The fourth-order valence-electron chi connectivity index (χ4n) is 3.53. The maximum absolute atomic E-state index is 11.0. The zero-order chi connectivity index (χ0) is 17.0. The average Bonchev–Trinajstić information content (AvgIpc) is 3.25. The van der Waals surface area contributed by atoms with E-state index in [0.29, 0.717) is 12.7 Å². The van der Waals surface area contributed by atoms with E-state index in [1.54, 1.807) is 12.1 Å². The SMILES string of the molecule is Cc1nn(CN2c3ccc([N+](=O)[O-])cc3C[C@H]2C)c(=S)n1C1CC1. The van der Waals surface area contributed by atoms with Crippen molar-refractivity contribution < 1.29 is 4.92 Å². The van der Waals surface area contributed by atoms with Gasteiger partial charge in [0.1, 0.15) is 12.5 Å². The topological polar surface area (TPSA) is 69.1 Å². The van der Waals surface area contributed by atoms with Crippen molar-refractivity contribution in [1.82, 2.24) is 14.3 Å². The van der Waals surface area contributed by atoms with Crippen LogP contribution in [0.3, 0.4) is 0 Å². The van der Waals surface area contributed by atoms with Crippen LogP contribution >= 0.6 is 12.2 Å². The first-order valence-electron chi connectivity index (χ1n) is 8.15. The van der Waals surface area contributed by atoms with E-state index in [1.165, 1.54) is 12.8 Å². The number of nitrogens with zero attached hydrogens (tertiary/aromatic N) is 5. The number of rotatable bonds is 4. The molecule has 0 spiro atoms. The number of hydrogen-bond donors (Lipinski definition) is 0. The van der Waals surface area contributed by atoms with Gasteiger partial charge in [-0.3, -0.25) is 10.1 Å². The molecule has 1 aromatic heterocycles. The number of hydrogen-bond acceptors (Lipinski definition) is 5. The minimum Gasteiger partial charge on any atom is -0.349 e. The maximum Gasteiger partial charge on any atom is 0.269 e. The van der Waals surface area contributed by atoms with E-state index in [4.69, 9.17) is 12.2 Å². The van der Waals surface area contributed by atoms with Gasteiger partial charge in [-0.15, -0.1) is 0 Å². The molecule has 1 atom stereocenters. The van der Waals surface area contributed by atoms with Crippen molar-refractivity contribution >= 4 is 23.6 Å². The summed E-state index contributed by atoms with van der Waals surface area (Å²) in [5.74, 6) is 0.957. The van der Waals surface area contributed by atoms with Gasteiger partial charge >= 0.3 is 0 Å². The van der Waals surface area contributed by atoms with Gasteiger partial charge in [0.2, 0.25) is 0 Å². The predicted octanol–water partition coefficient (Wildman–Crippen LogP) is 3.37. The van der Waals surface area contributed by atoms with E-state index in [9.17, 15) is 10.1 Å². The van der Waals surface area contributed by atoms with Gasteiger partial charge in [0, 0.05) is 29.9 Å². The lowest BCUT2D eigenvalue weighted by Crippen LogP contribution is -2.32. The molecule has 1 aliphatic carbocycles. The normalized spacial score (nSPS) is 19.6. The monoisotopic (exact) mass is 345 g/mol. The summed E-state index contributed by atoms with van der Waals surface area (Å²) in [6.45, 7) is 4.70. The molecule has 0 radical (unpaired) electrons. The zero-order valence-electron chi connectivity index (χ0n) is 13.7. The Morgan fingerprint density at radius 3 is 2.83 bits per heavy atom. The maximum atomic E-state index is 11.0. The lowest BCUT2D eigenvalue weighted by atomic mass is 10.1. The van der Waals surface area contributed by atoms with Crippen LogP contribution in [0.1, 0.15) is 37.2 Å². The Labute approximate surface area is 144 Å². The average molecular weight is 345 g/mol. The van der Waals surface area contributed by atoms with Crippen LogP contribution in [0.15, 0.2) is 18.2 Å². The Hall–Kier alpha value is -2.22. The van der Waals surface area contributed by atoms with Crippen molar-refractivity contribution in [2.75, 3.05) is 4.90 Å². The Kier molecular flexibility index (Phi) is 3.45. The van der Waals surface area contributed by atoms with Crippen molar-refractivity contribution in [3.8, 4) is 0 Å². The highest BCUT2D eigenvalue weighted by Crippen LogP contribution is 2.37. The van der Waals surface area contributed by atoms with E-state index < -0.39 is 0 Å². The Morgan fingerprint density at radius 1 is 1.42 bits per heavy atom. The van der Waals surface area contributed by atoms with E-state index >= 15 is 0 Å². The van der Waals surface area contributed by atoms with Crippen molar-refractivity contribution in [1.29, 1.82) is 0 Å². The number of non-ortho nitro benzene ring substituents is 1. The molecule has 2 aromatic rings. The third kappa shape index (κ3) is 2.41. The summed E-state index contributed by atoms with van der Waals surface area (Å²) in [4.78, 5) is 12.8. The molecule has 8 heteroatoms. The second-order valence-electron chi connectivity index (χ2n) is 6.66. The molecule has 1 fully saturated rings. The first kappa shape index (κ1) is 15.3. The van der Waals surface area contributed by atoms with Gasteiger partial charge in [-0.2, -0.15) is 5.10 Å². The van der Waals surface area contributed by atoms with Gasteiger partial charge in [0.15, 0.2) is 4.77 Å². The predicted molar refractivity (Wildman–Crippen MR) is 92.8 cm³/mol. The molecular formula is C16H19N5O2S. The van der Waals surface area contributed by atoms with Crippen LogP contribution < -0.4 is 4.90 Å². The molecule has 1 saturated carbocycles.